The van der Waals surface area contributed by atoms with E-state index >= 15 is 0 Å². The maximum absolute atomic E-state index is 12.9. The molecule has 2 fully saturated rings. The zero-order valence-electron chi connectivity index (χ0n) is 16.6. The van der Waals surface area contributed by atoms with Crippen LogP contribution in [0.15, 0.2) is 29.1 Å². The Morgan fingerprint density at radius 2 is 1.90 bits per heavy atom. The molecule has 0 unspecified atom stereocenters. The number of hydrogen-bond acceptors (Lipinski definition) is 8. The first kappa shape index (κ1) is 18.5. The molecule has 3 aromatic rings. The Morgan fingerprint density at radius 1 is 1.13 bits per heavy atom. The normalized spacial score (nSPS) is 17.4. The molecule has 2 saturated heterocycles. The van der Waals surface area contributed by atoms with E-state index in [0.717, 1.165) is 5.82 Å². The van der Waals surface area contributed by atoms with Crippen LogP contribution in [-0.2, 0) is 11.3 Å². The van der Waals surface area contributed by atoms with E-state index in [0.29, 0.717) is 62.7 Å². The second-order valence-electron chi connectivity index (χ2n) is 7.47. The van der Waals surface area contributed by atoms with Gasteiger partial charge in [-0.05, 0) is 19.1 Å². The highest BCUT2D eigenvalue weighted by molar-refractivity contribution is 5.92. The summed E-state index contributed by atoms with van der Waals surface area (Å²) in [5.74, 6) is 0.968. The Hall–Kier alpha value is -3.50. The van der Waals surface area contributed by atoms with E-state index in [4.69, 9.17) is 4.42 Å². The smallest absolute Gasteiger partial charge is 0.289 e. The second-order valence-corrected chi connectivity index (χ2v) is 7.47. The van der Waals surface area contributed by atoms with Crippen molar-refractivity contribution in [1.29, 1.82) is 0 Å². The Morgan fingerprint density at radius 3 is 2.60 bits per heavy atom. The molecule has 0 radical (unpaired) electrons. The molecule has 0 spiro atoms. The fourth-order valence-electron chi connectivity index (χ4n) is 3.98. The number of amides is 2. The summed E-state index contributed by atoms with van der Waals surface area (Å²) >= 11 is 0. The average Bonchev–Trinajstić information content (AvgIpc) is 3.42. The van der Waals surface area contributed by atoms with E-state index in [2.05, 4.69) is 20.3 Å². The molecule has 30 heavy (non-hydrogen) atoms. The first-order chi connectivity index (χ1) is 14.7. The van der Waals surface area contributed by atoms with Crippen molar-refractivity contribution in [2.24, 2.45) is 5.92 Å². The number of anilines is 1. The van der Waals surface area contributed by atoms with Gasteiger partial charge >= 0.3 is 0 Å². The minimum absolute atomic E-state index is 0.0800. The molecule has 0 saturated carbocycles. The highest BCUT2D eigenvalue weighted by atomic mass is 16.3. The molecule has 0 N–H and O–H groups in total. The molecule has 5 heterocycles. The number of carbonyl (C=O) groups excluding carboxylic acids is 2. The van der Waals surface area contributed by atoms with Gasteiger partial charge in [-0.2, -0.15) is 0 Å². The van der Waals surface area contributed by atoms with Crippen LogP contribution in [0.5, 0.6) is 0 Å². The summed E-state index contributed by atoms with van der Waals surface area (Å²) in [6.07, 6.45) is 3.00. The van der Waals surface area contributed by atoms with Crippen molar-refractivity contribution < 1.29 is 14.0 Å². The highest BCUT2D eigenvalue weighted by Crippen LogP contribution is 2.28. The molecule has 0 bridgehead atoms. The minimum atomic E-state index is -0.130. The quantitative estimate of drug-likeness (QED) is 0.602. The average molecular weight is 410 g/mol. The van der Waals surface area contributed by atoms with E-state index in [1.165, 1.54) is 12.6 Å². The van der Waals surface area contributed by atoms with Crippen LogP contribution in [-0.4, -0.2) is 85.8 Å². The largest absolute Gasteiger partial charge is 0.459 e. The summed E-state index contributed by atoms with van der Waals surface area (Å²) < 4.78 is 6.91. The number of piperazine rings is 1. The summed E-state index contributed by atoms with van der Waals surface area (Å²) in [6, 6.07) is 3.36. The number of furan rings is 1. The van der Waals surface area contributed by atoms with Gasteiger partial charge in [0.2, 0.25) is 5.91 Å². The van der Waals surface area contributed by atoms with Gasteiger partial charge in [0.15, 0.2) is 22.7 Å². The van der Waals surface area contributed by atoms with Crippen molar-refractivity contribution in [2.75, 3.05) is 44.2 Å². The third-order valence-corrected chi connectivity index (χ3v) is 5.72. The van der Waals surface area contributed by atoms with Crippen LogP contribution in [0.1, 0.15) is 17.5 Å². The lowest BCUT2D eigenvalue weighted by Crippen LogP contribution is -2.58. The van der Waals surface area contributed by atoms with Gasteiger partial charge in [-0.3, -0.25) is 9.59 Å². The Bertz CT molecular complexity index is 1060. The second kappa shape index (κ2) is 7.39. The number of aromatic nitrogens is 5. The third-order valence-electron chi connectivity index (χ3n) is 5.72. The first-order valence-electron chi connectivity index (χ1n) is 10.1. The summed E-state index contributed by atoms with van der Waals surface area (Å²) in [6.45, 7) is 5.93. The van der Waals surface area contributed by atoms with E-state index in [1.807, 2.05) is 16.7 Å². The fourth-order valence-corrected chi connectivity index (χ4v) is 3.98. The van der Waals surface area contributed by atoms with Crippen LogP contribution in [0.3, 0.4) is 0 Å². The molecule has 2 amide bonds. The Labute approximate surface area is 172 Å². The summed E-state index contributed by atoms with van der Waals surface area (Å²) in [7, 11) is 0. The van der Waals surface area contributed by atoms with Gasteiger partial charge in [-0.25, -0.2) is 14.6 Å². The van der Waals surface area contributed by atoms with E-state index in [1.54, 1.807) is 21.7 Å². The molecule has 5 rings (SSSR count). The van der Waals surface area contributed by atoms with Gasteiger partial charge in [0.25, 0.3) is 5.91 Å². The number of hydrogen-bond donors (Lipinski definition) is 0. The van der Waals surface area contributed by atoms with Crippen molar-refractivity contribution >= 4 is 28.8 Å². The summed E-state index contributed by atoms with van der Waals surface area (Å²) in [5, 5.41) is 8.31. The number of carbonyl (C=O) groups is 2. The molecule has 0 aromatic carbocycles. The predicted molar refractivity (Wildman–Crippen MR) is 106 cm³/mol. The van der Waals surface area contributed by atoms with Crippen molar-refractivity contribution in [3.8, 4) is 0 Å². The molecular formula is C19H22N8O3. The zero-order valence-corrected chi connectivity index (χ0v) is 16.6. The van der Waals surface area contributed by atoms with E-state index < -0.39 is 0 Å². The van der Waals surface area contributed by atoms with Crippen molar-refractivity contribution in [3.05, 3.63) is 30.5 Å². The first-order valence-corrected chi connectivity index (χ1v) is 10.1. The van der Waals surface area contributed by atoms with Crippen molar-refractivity contribution in [1.82, 2.24) is 34.8 Å². The topological polar surface area (TPSA) is 113 Å². The molecule has 0 atom stereocenters. The zero-order chi connectivity index (χ0) is 20.7. The molecule has 11 heteroatoms. The van der Waals surface area contributed by atoms with E-state index in [9.17, 15) is 9.59 Å². The SMILES string of the molecule is CCn1nnc2c(N3CC(C(=O)N4CCN(C(=O)c5ccco5)CC4)C3)ncnc21. The molecule has 156 valence electrons. The summed E-state index contributed by atoms with van der Waals surface area (Å²) in [4.78, 5) is 39.5. The fraction of sp³-hybridized carbons (Fsp3) is 0.474. The number of fused-ring (bicyclic) bond motifs is 1. The number of rotatable bonds is 4. The van der Waals surface area contributed by atoms with Crippen LogP contribution >= 0.6 is 0 Å². The molecule has 2 aliphatic rings. The monoisotopic (exact) mass is 410 g/mol. The highest BCUT2D eigenvalue weighted by Gasteiger charge is 2.38. The van der Waals surface area contributed by atoms with Gasteiger partial charge in [0, 0.05) is 45.8 Å². The van der Waals surface area contributed by atoms with Crippen LogP contribution < -0.4 is 4.90 Å². The van der Waals surface area contributed by atoms with Gasteiger partial charge in [-0.15, -0.1) is 5.10 Å². The van der Waals surface area contributed by atoms with Crippen LogP contribution in [0.2, 0.25) is 0 Å². The number of aryl methyl sites for hydroxylation is 1. The standard InChI is InChI=1S/C19H22N8O3/c1-2-27-17-15(22-23-27)16(20-12-21-17)26-10-13(11-26)18(28)24-5-7-25(8-6-24)19(29)14-4-3-9-30-14/h3-4,9,12-13H,2,5-8,10-11H2,1H3. The molecule has 11 nitrogen and oxygen atoms in total. The van der Waals surface area contributed by atoms with Crippen LogP contribution in [0.4, 0.5) is 5.82 Å². The minimum Gasteiger partial charge on any atom is -0.459 e. The Kier molecular flexibility index (Phi) is 4.57. The van der Waals surface area contributed by atoms with Gasteiger partial charge < -0.3 is 19.1 Å². The number of nitrogens with zero attached hydrogens (tertiary/aromatic N) is 8. The maximum Gasteiger partial charge on any atom is 0.289 e. The molecule has 0 aliphatic carbocycles. The maximum atomic E-state index is 12.9. The van der Waals surface area contributed by atoms with Gasteiger partial charge in [-0.1, -0.05) is 5.21 Å². The van der Waals surface area contributed by atoms with Crippen molar-refractivity contribution in [3.63, 3.8) is 0 Å². The predicted octanol–water partition coefficient (Wildman–Crippen LogP) is 0.255. The van der Waals surface area contributed by atoms with Crippen molar-refractivity contribution in [2.45, 2.75) is 13.5 Å². The molecule has 3 aromatic heterocycles. The molecule has 2 aliphatic heterocycles. The Balaban J connectivity index is 1.18. The van der Waals surface area contributed by atoms with Gasteiger partial charge in [0.1, 0.15) is 6.33 Å². The summed E-state index contributed by atoms with van der Waals surface area (Å²) in [5.41, 5.74) is 1.37. The molecular weight excluding hydrogens is 388 g/mol. The lowest BCUT2D eigenvalue weighted by molar-refractivity contribution is -0.137. The third kappa shape index (κ3) is 3.06. The van der Waals surface area contributed by atoms with Gasteiger partial charge in [0.05, 0.1) is 12.2 Å². The van der Waals surface area contributed by atoms with Crippen LogP contribution in [0.25, 0.3) is 11.2 Å². The van der Waals surface area contributed by atoms with E-state index in [-0.39, 0.29) is 17.7 Å². The van der Waals surface area contributed by atoms with Crippen LogP contribution in [0, 0.1) is 5.92 Å². The lowest BCUT2D eigenvalue weighted by Gasteiger charge is -2.43. The lowest BCUT2D eigenvalue weighted by atomic mass is 9.98.